The van der Waals surface area contributed by atoms with E-state index in [1.807, 2.05) is 0 Å². The third kappa shape index (κ3) is 15.7. The Hall–Kier alpha value is -1.06. The smallest absolute Gasteiger partial charge is 0.345 e. The van der Waals surface area contributed by atoms with Crippen molar-refractivity contribution in [1.29, 1.82) is 0 Å². The number of esters is 2. The Bertz CT molecular complexity index is 471. The second-order valence-electron chi connectivity index (χ2n) is 8.67. The van der Waals surface area contributed by atoms with Gasteiger partial charge in [-0.1, -0.05) is 96.8 Å². The third-order valence-electron chi connectivity index (χ3n) is 5.70. The molecule has 0 rings (SSSR count). The molecule has 0 spiro atoms. The Balaban J connectivity index is 3.62. The lowest BCUT2D eigenvalue weighted by atomic mass is 10.0. The number of hydrogen-bond acceptors (Lipinski definition) is 8. The minimum absolute atomic E-state index is 0.0225. The molecule has 8 nitrogen and oxygen atoms in total. The monoisotopic (exact) mass is 462 g/mol. The quantitative estimate of drug-likeness (QED) is 0.0995. The fourth-order valence-electron chi connectivity index (χ4n) is 3.53. The first kappa shape index (κ1) is 30.9. The third-order valence-corrected chi connectivity index (χ3v) is 5.70. The van der Waals surface area contributed by atoms with E-state index in [4.69, 9.17) is 5.11 Å². The number of carbonyl (C=O) groups excluding carboxylic acids is 2. The molecule has 0 saturated heterocycles. The van der Waals surface area contributed by atoms with E-state index in [0.29, 0.717) is 6.42 Å². The molecule has 0 fully saturated rings. The second-order valence-corrected chi connectivity index (χ2v) is 8.67. The summed E-state index contributed by atoms with van der Waals surface area (Å²) in [5.74, 6) is -2.21. The molecule has 0 aromatic heterocycles. The average molecular weight is 463 g/mol. The van der Waals surface area contributed by atoms with E-state index in [9.17, 15) is 30.0 Å². The summed E-state index contributed by atoms with van der Waals surface area (Å²) >= 11 is 0. The van der Waals surface area contributed by atoms with Crippen LogP contribution in [0.15, 0.2) is 0 Å². The van der Waals surface area contributed by atoms with Crippen molar-refractivity contribution in [3.05, 3.63) is 0 Å². The highest BCUT2D eigenvalue weighted by Crippen LogP contribution is 2.14. The summed E-state index contributed by atoms with van der Waals surface area (Å²) in [6.45, 7) is 1.37. The fraction of sp³-hybridized carbons (Fsp3) is 0.917. The van der Waals surface area contributed by atoms with E-state index in [1.165, 1.54) is 70.6 Å². The van der Waals surface area contributed by atoms with Crippen LogP contribution in [0.5, 0.6) is 0 Å². The largest absolute Gasteiger partial charge is 0.394 e. The van der Waals surface area contributed by atoms with Gasteiger partial charge in [0.05, 0.1) is 6.61 Å². The predicted molar refractivity (Wildman–Crippen MR) is 122 cm³/mol. The Labute approximate surface area is 193 Å². The Morgan fingerprint density at radius 2 is 1.06 bits per heavy atom. The van der Waals surface area contributed by atoms with Crippen LogP contribution >= 0.6 is 0 Å². The van der Waals surface area contributed by atoms with Gasteiger partial charge < -0.3 is 30.3 Å². The average Bonchev–Trinajstić information content (AvgIpc) is 2.79. The molecular weight excluding hydrogens is 416 g/mol. The second kappa shape index (κ2) is 20.5. The van der Waals surface area contributed by atoms with Crippen molar-refractivity contribution in [3.8, 4) is 0 Å². The van der Waals surface area contributed by atoms with Crippen LogP contribution in [0.25, 0.3) is 0 Å². The molecular formula is C24H46O8. The summed E-state index contributed by atoms with van der Waals surface area (Å²) in [5, 5.41) is 46.6. The predicted octanol–water partition coefficient (Wildman–Crippen LogP) is 2.75. The first-order valence-corrected chi connectivity index (χ1v) is 12.4. The van der Waals surface area contributed by atoms with Crippen LogP contribution in [0.3, 0.4) is 0 Å². The van der Waals surface area contributed by atoms with Gasteiger partial charge in [-0.2, -0.15) is 0 Å². The van der Waals surface area contributed by atoms with Crippen molar-refractivity contribution >= 4 is 11.9 Å². The van der Waals surface area contributed by atoms with Gasteiger partial charge in [0.1, 0.15) is 18.3 Å². The van der Waals surface area contributed by atoms with Crippen molar-refractivity contribution in [2.75, 3.05) is 6.61 Å². The van der Waals surface area contributed by atoms with Crippen LogP contribution in [0.2, 0.25) is 0 Å². The van der Waals surface area contributed by atoms with Gasteiger partial charge in [0.15, 0.2) is 6.10 Å². The van der Waals surface area contributed by atoms with Crippen molar-refractivity contribution in [1.82, 2.24) is 0 Å². The zero-order chi connectivity index (χ0) is 24.2. The summed E-state index contributed by atoms with van der Waals surface area (Å²) in [6, 6.07) is 0. The van der Waals surface area contributed by atoms with Crippen LogP contribution in [0.4, 0.5) is 0 Å². The lowest BCUT2D eigenvalue weighted by Gasteiger charge is -2.24. The molecule has 0 aromatic rings. The van der Waals surface area contributed by atoms with Gasteiger partial charge in [-0.05, 0) is 6.42 Å². The molecule has 0 saturated carbocycles. The maximum absolute atomic E-state index is 11.7. The molecule has 0 aliphatic carbocycles. The number of unbranched alkanes of at least 4 members (excludes halogenated alkanes) is 14. The summed E-state index contributed by atoms with van der Waals surface area (Å²) in [4.78, 5) is 23.3. The maximum atomic E-state index is 11.7. The van der Waals surface area contributed by atoms with Crippen molar-refractivity contribution in [3.63, 3.8) is 0 Å². The molecule has 32 heavy (non-hydrogen) atoms. The first-order valence-electron chi connectivity index (χ1n) is 12.4. The standard InChI is InChI=1S/C24H46O8/c1-2-3-4-5-6-7-8-9-10-11-12-13-14-15-16-17-20(27)32-24(31)23(30)22(29)21(28)19(26)18-25/h19,21-23,25-26,28-30H,2-18H2,1H3. The van der Waals surface area contributed by atoms with Crippen LogP contribution in [0.1, 0.15) is 110 Å². The lowest BCUT2D eigenvalue weighted by molar-refractivity contribution is -0.176. The van der Waals surface area contributed by atoms with Gasteiger partial charge in [-0.25, -0.2) is 4.79 Å². The molecule has 190 valence electrons. The van der Waals surface area contributed by atoms with Gasteiger partial charge in [0.25, 0.3) is 0 Å². The van der Waals surface area contributed by atoms with Crippen molar-refractivity contribution in [2.24, 2.45) is 0 Å². The molecule has 0 heterocycles. The molecule has 0 bridgehead atoms. The van der Waals surface area contributed by atoms with E-state index in [2.05, 4.69) is 11.7 Å². The number of aliphatic hydroxyl groups is 5. The van der Waals surface area contributed by atoms with Gasteiger partial charge >= 0.3 is 11.9 Å². The van der Waals surface area contributed by atoms with Gasteiger partial charge in [-0.3, -0.25) is 4.79 Å². The normalized spacial score (nSPS) is 15.2. The fourth-order valence-corrected chi connectivity index (χ4v) is 3.53. The number of rotatable bonds is 21. The van der Waals surface area contributed by atoms with E-state index < -0.39 is 43.0 Å². The van der Waals surface area contributed by atoms with Crippen LogP contribution in [0, 0.1) is 0 Å². The van der Waals surface area contributed by atoms with Gasteiger partial charge in [0, 0.05) is 6.42 Å². The Kier molecular flexibility index (Phi) is 19.9. The Morgan fingerprint density at radius 3 is 1.47 bits per heavy atom. The summed E-state index contributed by atoms with van der Waals surface area (Å²) in [7, 11) is 0. The summed E-state index contributed by atoms with van der Waals surface area (Å²) in [5.41, 5.74) is 0. The van der Waals surface area contributed by atoms with E-state index in [1.54, 1.807) is 0 Å². The molecule has 0 radical (unpaired) electrons. The zero-order valence-electron chi connectivity index (χ0n) is 19.8. The minimum atomic E-state index is -2.20. The van der Waals surface area contributed by atoms with Crippen LogP contribution in [-0.4, -0.2) is 68.5 Å². The molecule has 0 aromatic carbocycles. The highest BCUT2D eigenvalue weighted by molar-refractivity contribution is 5.88. The Morgan fingerprint density at radius 1 is 0.656 bits per heavy atom. The van der Waals surface area contributed by atoms with E-state index in [0.717, 1.165) is 19.3 Å². The SMILES string of the molecule is CCCCCCCCCCCCCCCCCC(=O)OC(=O)C(O)C(O)C(O)C(O)CO. The highest BCUT2D eigenvalue weighted by atomic mass is 16.6. The number of ether oxygens (including phenoxy) is 1. The van der Waals surface area contributed by atoms with Gasteiger partial charge in [0.2, 0.25) is 0 Å². The lowest BCUT2D eigenvalue weighted by Crippen LogP contribution is -2.49. The van der Waals surface area contributed by atoms with Gasteiger partial charge in [-0.15, -0.1) is 0 Å². The molecule has 8 heteroatoms. The zero-order valence-corrected chi connectivity index (χ0v) is 19.8. The first-order chi connectivity index (χ1) is 15.3. The molecule has 0 aliphatic rings. The molecule has 4 unspecified atom stereocenters. The number of carbonyl (C=O) groups is 2. The summed E-state index contributed by atoms with van der Waals surface area (Å²) < 4.78 is 4.47. The maximum Gasteiger partial charge on any atom is 0.345 e. The molecule has 4 atom stereocenters. The highest BCUT2D eigenvalue weighted by Gasteiger charge is 2.35. The number of aliphatic hydroxyl groups excluding tert-OH is 5. The number of hydrogen-bond donors (Lipinski definition) is 5. The molecule has 0 amide bonds. The molecule has 0 aliphatic heterocycles. The van der Waals surface area contributed by atoms with Crippen molar-refractivity contribution in [2.45, 2.75) is 134 Å². The summed E-state index contributed by atoms with van der Waals surface area (Å²) in [6.07, 6.45) is 10.0. The van der Waals surface area contributed by atoms with Crippen LogP contribution < -0.4 is 0 Å². The minimum Gasteiger partial charge on any atom is -0.394 e. The van der Waals surface area contributed by atoms with E-state index >= 15 is 0 Å². The molecule has 5 N–H and O–H groups in total. The van der Waals surface area contributed by atoms with Crippen molar-refractivity contribution < 1.29 is 39.9 Å². The van der Waals surface area contributed by atoms with Crippen LogP contribution in [-0.2, 0) is 14.3 Å². The van der Waals surface area contributed by atoms with E-state index in [-0.39, 0.29) is 6.42 Å². The topological polar surface area (TPSA) is 145 Å².